The summed E-state index contributed by atoms with van der Waals surface area (Å²) in [6.45, 7) is 2.15. The number of benzene rings is 1. The molecule has 0 amide bonds. The molecule has 1 heteroatoms. The van der Waals surface area contributed by atoms with E-state index >= 15 is 0 Å². The van der Waals surface area contributed by atoms with Gasteiger partial charge in [-0.1, -0.05) is 24.6 Å². The van der Waals surface area contributed by atoms with Crippen LogP contribution in [-0.2, 0) is 0 Å². The molecule has 0 atom stereocenters. The predicted molar refractivity (Wildman–Crippen MR) is 56.6 cm³/mol. The second kappa shape index (κ2) is 3.73. The molecule has 0 aromatic heterocycles. The fourth-order valence-corrected chi connectivity index (χ4v) is 1.62. The van der Waals surface area contributed by atoms with Crippen LogP contribution in [-0.4, -0.2) is 5.71 Å². The Morgan fingerprint density at radius 1 is 1.23 bits per heavy atom. The zero-order valence-electron chi connectivity index (χ0n) is 8.03. The average molecular weight is 173 g/mol. The molecular weight excluding hydrogens is 158 g/mol. The number of rotatable bonds is 2. The minimum absolute atomic E-state index is 0.764. The Morgan fingerprint density at radius 3 is 2.46 bits per heavy atom. The van der Waals surface area contributed by atoms with E-state index in [0.29, 0.717) is 0 Å². The van der Waals surface area contributed by atoms with Gasteiger partial charge in [0.2, 0.25) is 0 Å². The first-order valence-corrected chi connectivity index (χ1v) is 4.96. The number of hydrogen-bond acceptors (Lipinski definition) is 1. The maximum Gasteiger partial charge on any atom is 0.0629 e. The van der Waals surface area contributed by atoms with Crippen molar-refractivity contribution in [1.29, 1.82) is 0 Å². The highest BCUT2D eigenvalue weighted by Crippen LogP contribution is 2.28. The van der Waals surface area contributed by atoms with E-state index in [2.05, 4.69) is 24.0 Å². The second-order valence-electron chi connectivity index (χ2n) is 3.72. The van der Waals surface area contributed by atoms with Gasteiger partial charge in [-0.3, -0.25) is 4.99 Å². The lowest BCUT2D eigenvalue weighted by molar-refractivity contribution is 0.412. The van der Waals surface area contributed by atoms with E-state index in [4.69, 9.17) is 0 Å². The molecule has 68 valence electrons. The molecule has 0 aliphatic heterocycles. The van der Waals surface area contributed by atoms with Gasteiger partial charge in [-0.25, -0.2) is 0 Å². The van der Waals surface area contributed by atoms with Gasteiger partial charge < -0.3 is 0 Å². The van der Waals surface area contributed by atoms with Crippen LogP contribution in [0.5, 0.6) is 0 Å². The third kappa shape index (κ3) is 1.97. The first-order valence-electron chi connectivity index (χ1n) is 4.96. The van der Waals surface area contributed by atoms with Crippen LogP contribution in [0.15, 0.2) is 35.3 Å². The molecule has 0 N–H and O–H groups in total. The summed E-state index contributed by atoms with van der Waals surface area (Å²) < 4.78 is 0. The summed E-state index contributed by atoms with van der Waals surface area (Å²) in [5.74, 6) is 0.764. The Bertz CT molecular complexity index is 296. The summed E-state index contributed by atoms with van der Waals surface area (Å²) >= 11 is 0. The molecule has 13 heavy (non-hydrogen) atoms. The smallest absolute Gasteiger partial charge is 0.0629 e. The highest BCUT2D eigenvalue weighted by atomic mass is 14.7. The SMILES string of the molecule is CC(=Nc1ccccc1)C1CCC1. The van der Waals surface area contributed by atoms with Crippen molar-refractivity contribution in [2.24, 2.45) is 10.9 Å². The molecule has 2 rings (SSSR count). The van der Waals surface area contributed by atoms with Gasteiger partial charge in [0, 0.05) is 5.71 Å². The zero-order chi connectivity index (χ0) is 9.10. The molecular formula is C12H15N. The summed E-state index contributed by atoms with van der Waals surface area (Å²) in [5.41, 5.74) is 2.39. The Labute approximate surface area is 79.5 Å². The molecule has 0 heterocycles. The fourth-order valence-electron chi connectivity index (χ4n) is 1.62. The molecule has 1 fully saturated rings. The molecule has 1 aliphatic rings. The lowest BCUT2D eigenvalue weighted by Crippen LogP contribution is -2.18. The summed E-state index contributed by atoms with van der Waals surface area (Å²) in [4.78, 5) is 4.60. The normalized spacial score (nSPS) is 18.4. The zero-order valence-corrected chi connectivity index (χ0v) is 8.03. The van der Waals surface area contributed by atoms with Gasteiger partial charge in [0.05, 0.1) is 5.69 Å². The van der Waals surface area contributed by atoms with E-state index in [-0.39, 0.29) is 0 Å². The maximum absolute atomic E-state index is 4.60. The van der Waals surface area contributed by atoms with Crippen molar-refractivity contribution in [3.63, 3.8) is 0 Å². The minimum atomic E-state index is 0.764. The van der Waals surface area contributed by atoms with E-state index in [9.17, 15) is 0 Å². The van der Waals surface area contributed by atoms with Crippen molar-refractivity contribution in [1.82, 2.24) is 0 Å². The van der Waals surface area contributed by atoms with Gasteiger partial charge >= 0.3 is 0 Å². The van der Waals surface area contributed by atoms with Crippen LogP contribution in [0.4, 0.5) is 5.69 Å². The van der Waals surface area contributed by atoms with Gasteiger partial charge in [-0.15, -0.1) is 0 Å². The molecule has 0 bridgehead atoms. The van der Waals surface area contributed by atoms with E-state index in [0.717, 1.165) is 11.6 Å². The number of hydrogen-bond donors (Lipinski definition) is 0. The van der Waals surface area contributed by atoms with Crippen LogP contribution in [0.3, 0.4) is 0 Å². The van der Waals surface area contributed by atoms with Crippen molar-refractivity contribution in [3.8, 4) is 0 Å². The first-order chi connectivity index (χ1) is 6.36. The topological polar surface area (TPSA) is 12.4 Å². The van der Waals surface area contributed by atoms with Crippen LogP contribution in [0.1, 0.15) is 26.2 Å². The largest absolute Gasteiger partial charge is 0.258 e. The van der Waals surface area contributed by atoms with Crippen molar-refractivity contribution in [2.75, 3.05) is 0 Å². The van der Waals surface area contributed by atoms with Crippen molar-refractivity contribution in [3.05, 3.63) is 30.3 Å². The fraction of sp³-hybridized carbons (Fsp3) is 0.417. The highest BCUT2D eigenvalue weighted by molar-refractivity contribution is 5.87. The monoisotopic (exact) mass is 173 g/mol. The molecule has 1 aliphatic carbocycles. The van der Waals surface area contributed by atoms with Gasteiger partial charge in [0.25, 0.3) is 0 Å². The quantitative estimate of drug-likeness (QED) is 0.606. The third-order valence-electron chi connectivity index (χ3n) is 2.76. The Balaban J connectivity index is 2.10. The molecule has 1 saturated carbocycles. The predicted octanol–water partition coefficient (Wildman–Crippen LogP) is 3.58. The van der Waals surface area contributed by atoms with Gasteiger partial charge in [-0.2, -0.15) is 0 Å². The molecule has 0 spiro atoms. The van der Waals surface area contributed by atoms with E-state index in [1.165, 1.54) is 25.0 Å². The lowest BCUT2D eigenvalue weighted by atomic mass is 9.82. The summed E-state index contributed by atoms with van der Waals surface area (Å²) in [6.07, 6.45) is 4.05. The van der Waals surface area contributed by atoms with Crippen molar-refractivity contribution < 1.29 is 0 Å². The van der Waals surface area contributed by atoms with Crippen LogP contribution in [0.2, 0.25) is 0 Å². The van der Waals surface area contributed by atoms with Gasteiger partial charge in [0.1, 0.15) is 0 Å². The molecule has 1 aromatic carbocycles. The van der Waals surface area contributed by atoms with Crippen LogP contribution in [0, 0.1) is 5.92 Å². The number of aliphatic imine (C=N–C) groups is 1. The summed E-state index contributed by atoms with van der Waals surface area (Å²) in [5, 5.41) is 0. The summed E-state index contributed by atoms with van der Waals surface area (Å²) in [6, 6.07) is 10.2. The third-order valence-corrected chi connectivity index (χ3v) is 2.76. The average Bonchev–Trinajstić information content (AvgIpc) is 2.02. The van der Waals surface area contributed by atoms with Gasteiger partial charge in [-0.05, 0) is 37.8 Å². The summed E-state index contributed by atoms with van der Waals surface area (Å²) in [7, 11) is 0. The first kappa shape index (κ1) is 8.49. The van der Waals surface area contributed by atoms with Crippen LogP contribution >= 0.6 is 0 Å². The van der Waals surface area contributed by atoms with E-state index < -0.39 is 0 Å². The molecule has 0 unspecified atom stereocenters. The molecule has 0 radical (unpaired) electrons. The van der Waals surface area contributed by atoms with Gasteiger partial charge in [0.15, 0.2) is 0 Å². The lowest BCUT2D eigenvalue weighted by Gasteiger charge is -2.25. The Hall–Kier alpha value is -1.11. The second-order valence-corrected chi connectivity index (χ2v) is 3.72. The molecule has 0 saturated heterocycles. The van der Waals surface area contributed by atoms with Crippen molar-refractivity contribution >= 4 is 11.4 Å². The number of para-hydroxylation sites is 1. The van der Waals surface area contributed by atoms with Crippen molar-refractivity contribution in [2.45, 2.75) is 26.2 Å². The van der Waals surface area contributed by atoms with Crippen LogP contribution < -0.4 is 0 Å². The maximum atomic E-state index is 4.60. The number of nitrogens with zero attached hydrogens (tertiary/aromatic N) is 1. The Morgan fingerprint density at radius 2 is 1.92 bits per heavy atom. The highest BCUT2D eigenvalue weighted by Gasteiger charge is 2.19. The standard InChI is InChI=1S/C12H15N/c1-10(11-6-5-7-11)13-12-8-3-2-4-9-12/h2-4,8-9,11H,5-7H2,1H3. The van der Waals surface area contributed by atoms with E-state index in [1.807, 2.05) is 18.2 Å². The molecule has 1 aromatic rings. The van der Waals surface area contributed by atoms with Crippen LogP contribution in [0.25, 0.3) is 0 Å². The van der Waals surface area contributed by atoms with E-state index in [1.54, 1.807) is 0 Å². The molecule has 1 nitrogen and oxygen atoms in total. The Kier molecular flexibility index (Phi) is 2.44. The minimum Gasteiger partial charge on any atom is -0.258 e.